The molecule has 0 spiro atoms. The Labute approximate surface area is 335 Å². The van der Waals surface area contributed by atoms with Gasteiger partial charge in [0, 0.05) is 22.5 Å². The molecule has 0 amide bonds. The third-order valence-corrected chi connectivity index (χ3v) is 12.7. The number of fused-ring (bicyclic) bond motifs is 7. The highest BCUT2D eigenvalue weighted by Gasteiger charge is 2.46. The Morgan fingerprint density at radius 3 is 1.42 bits per heavy atom. The molecule has 0 saturated carbocycles. The maximum absolute atomic E-state index is 2.45. The number of nitrogens with zero attached hydrogens (tertiary/aromatic N) is 1. The van der Waals surface area contributed by atoms with Crippen molar-refractivity contribution in [1.29, 1.82) is 0 Å². The molecule has 0 fully saturated rings. The number of hydrogen-bond acceptors (Lipinski definition) is 1. The SMILES string of the molecule is CC1(C)c2ccc(N(c3ccc(-c4ccccc4)cc3)c3ccc4c(c3)-c3ccccc3C4(c3ccccc3)c3ccccc3)cc2-c2cc3ccccc3cc21. The molecule has 0 aromatic heterocycles. The molecule has 2 aliphatic carbocycles. The molecule has 9 aromatic rings. The number of hydrogen-bond donors (Lipinski definition) is 0. The highest BCUT2D eigenvalue weighted by Crippen LogP contribution is 2.58. The molecule has 0 radical (unpaired) electrons. The van der Waals surface area contributed by atoms with Gasteiger partial charge < -0.3 is 4.90 Å². The molecule has 2 aliphatic rings. The summed E-state index contributed by atoms with van der Waals surface area (Å²) >= 11 is 0. The summed E-state index contributed by atoms with van der Waals surface area (Å²) < 4.78 is 0. The molecule has 1 nitrogen and oxygen atoms in total. The van der Waals surface area contributed by atoms with Gasteiger partial charge in [0.1, 0.15) is 0 Å². The lowest BCUT2D eigenvalue weighted by atomic mass is 9.68. The van der Waals surface area contributed by atoms with E-state index in [2.05, 4.69) is 231 Å². The summed E-state index contributed by atoms with van der Waals surface area (Å²) in [5.74, 6) is 0. The Hall–Kier alpha value is -6.96. The van der Waals surface area contributed by atoms with Crippen molar-refractivity contribution in [2.24, 2.45) is 0 Å². The van der Waals surface area contributed by atoms with Gasteiger partial charge >= 0.3 is 0 Å². The van der Waals surface area contributed by atoms with Crippen molar-refractivity contribution < 1.29 is 0 Å². The van der Waals surface area contributed by atoms with Crippen LogP contribution in [0.3, 0.4) is 0 Å². The van der Waals surface area contributed by atoms with E-state index in [1.54, 1.807) is 0 Å². The van der Waals surface area contributed by atoms with Crippen LogP contribution in [0.25, 0.3) is 44.2 Å². The average molecular weight is 728 g/mol. The van der Waals surface area contributed by atoms with Gasteiger partial charge in [0.2, 0.25) is 0 Å². The van der Waals surface area contributed by atoms with Crippen LogP contribution in [0.15, 0.2) is 212 Å². The smallest absolute Gasteiger partial charge is 0.0713 e. The Bertz CT molecular complexity index is 2920. The number of anilines is 3. The third-order valence-electron chi connectivity index (χ3n) is 12.7. The fourth-order valence-electron chi connectivity index (χ4n) is 10.0. The summed E-state index contributed by atoms with van der Waals surface area (Å²) in [5, 5.41) is 2.56. The van der Waals surface area contributed by atoms with Gasteiger partial charge in [-0.2, -0.15) is 0 Å². The molecule has 57 heavy (non-hydrogen) atoms. The van der Waals surface area contributed by atoms with Crippen LogP contribution in [0.4, 0.5) is 17.1 Å². The van der Waals surface area contributed by atoms with Crippen LogP contribution in [0.1, 0.15) is 47.2 Å². The van der Waals surface area contributed by atoms with E-state index in [9.17, 15) is 0 Å². The van der Waals surface area contributed by atoms with Crippen LogP contribution in [-0.2, 0) is 10.8 Å². The standard InChI is InChI=1S/C56H41N/c1-55(2)51-32-30-45(37-50(51)48-34-40-18-12-13-19-41(40)35-54(48)55)57(44-28-26-39(27-29-44)38-16-6-3-7-17-38)46-31-33-53-49(36-46)47-24-14-15-25-52(47)56(53,42-20-8-4-9-21-42)43-22-10-5-11-23-43/h3-37H,1-2H3. The van der Waals surface area contributed by atoms with Crippen LogP contribution < -0.4 is 4.90 Å². The first-order valence-corrected chi connectivity index (χ1v) is 20.0. The molecule has 1 heteroatoms. The molecule has 0 N–H and O–H groups in total. The maximum Gasteiger partial charge on any atom is 0.0713 e. The molecular weight excluding hydrogens is 687 g/mol. The van der Waals surface area contributed by atoms with E-state index in [4.69, 9.17) is 0 Å². The lowest BCUT2D eigenvalue weighted by molar-refractivity contribution is 0.661. The first kappa shape index (κ1) is 33.4. The van der Waals surface area contributed by atoms with E-state index in [0.717, 1.165) is 17.1 Å². The van der Waals surface area contributed by atoms with Crippen LogP contribution >= 0.6 is 0 Å². The fraction of sp³-hybridized carbons (Fsp3) is 0.0714. The largest absolute Gasteiger partial charge is 0.310 e. The van der Waals surface area contributed by atoms with Crippen LogP contribution in [0.5, 0.6) is 0 Å². The van der Waals surface area contributed by atoms with Gasteiger partial charge in [0.05, 0.1) is 5.41 Å². The molecular formula is C56H41N. The average Bonchev–Trinajstić information content (AvgIpc) is 3.69. The Morgan fingerprint density at radius 2 is 0.772 bits per heavy atom. The maximum atomic E-state index is 2.45. The van der Waals surface area contributed by atoms with Crippen LogP contribution in [-0.4, -0.2) is 0 Å². The van der Waals surface area contributed by atoms with Gasteiger partial charge in [0.15, 0.2) is 0 Å². The first-order valence-electron chi connectivity index (χ1n) is 20.0. The minimum absolute atomic E-state index is 0.106. The second kappa shape index (κ2) is 12.8. The van der Waals surface area contributed by atoms with E-state index in [1.807, 2.05) is 0 Å². The summed E-state index contributed by atoms with van der Waals surface area (Å²) in [5.41, 5.74) is 18.4. The van der Waals surface area contributed by atoms with Crippen molar-refractivity contribution in [2.75, 3.05) is 4.90 Å². The highest BCUT2D eigenvalue weighted by atomic mass is 15.1. The van der Waals surface area contributed by atoms with Crippen molar-refractivity contribution in [2.45, 2.75) is 24.7 Å². The van der Waals surface area contributed by atoms with Gasteiger partial charge in [-0.1, -0.05) is 178 Å². The van der Waals surface area contributed by atoms with Crippen molar-refractivity contribution in [3.8, 4) is 33.4 Å². The lowest BCUT2D eigenvalue weighted by Crippen LogP contribution is -2.28. The molecule has 0 saturated heterocycles. The van der Waals surface area contributed by atoms with E-state index in [1.165, 1.54) is 77.5 Å². The second-order valence-electron chi connectivity index (χ2n) is 16.1. The number of rotatable bonds is 6. The van der Waals surface area contributed by atoms with E-state index >= 15 is 0 Å². The van der Waals surface area contributed by atoms with Gasteiger partial charge in [-0.25, -0.2) is 0 Å². The molecule has 0 bridgehead atoms. The molecule has 0 heterocycles. The zero-order chi connectivity index (χ0) is 38.1. The molecule has 9 aromatic carbocycles. The summed E-state index contributed by atoms with van der Waals surface area (Å²) in [6.07, 6.45) is 0. The minimum Gasteiger partial charge on any atom is -0.310 e. The van der Waals surface area contributed by atoms with Gasteiger partial charge in [-0.3, -0.25) is 0 Å². The molecule has 0 aliphatic heterocycles. The van der Waals surface area contributed by atoms with Crippen LogP contribution in [0, 0.1) is 0 Å². The Kier molecular flexibility index (Phi) is 7.50. The van der Waals surface area contributed by atoms with Crippen molar-refractivity contribution in [3.05, 3.63) is 246 Å². The molecule has 270 valence electrons. The molecule has 11 rings (SSSR count). The quantitative estimate of drug-likeness (QED) is 0.165. The van der Waals surface area contributed by atoms with Crippen LogP contribution in [0.2, 0.25) is 0 Å². The number of benzene rings is 9. The van der Waals surface area contributed by atoms with Gasteiger partial charge in [-0.15, -0.1) is 0 Å². The van der Waals surface area contributed by atoms with Crippen molar-refractivity contribution in [3.63, 3.8) is 0 Å². The third kappa shape index (κ3) is 5.02. The Balaban J connectivity index is 1.13. The summed E-state index contributed by atoms with van der Waals surface area (Å²) in [7, 11) is 0. The summed E-state index contributed by atoms with van der Waals surface area (Å²) in [4.78, 5) is 2.45. The fourth-order valence-corrected chi connectivity index (χ4v) is 10.0. The zero-order valence-electron chi connectivity index (χ0n) is 32.2. The first-order chi connectivity index (χ1) is 28.0. The zero-order valence-corrected chi connectivity index (χ0v) is 32.2. The highest BCUT2D eigenvalue weighted by molar-refractivity contribution is 5.96. The Morgan fingerprint density at radius 1 is 0.316 bits per heavy atom. The minimum atomic E-state index is -0.444. The van der Waals surface area contributed by atoms with Gasteiger partial charge in [-0.05, 0) is 126 Å². The monoisotopic (exact) mass is 727 g/mol. The topological polar surface area (TPSA) is 3.24 Å². The molecule has 0 unspecified atom stereocenters. The normalized spacial score (nSPS) is 14.1. The predicted octanol–water partition coefficient (Wildman–Crippen LogP) is 14.6. The van der Waals surface area contributed by atoms with E-state index in [-0.39, 0.29) is 5.41 Å². The van der Waals surface area contributed by atoms with Crippen molar-refractivity contribution in [1.82, 2.24) is 0 Å². The van der Waals surface area contributed by atoms with E-state index < -0.39 is 5.41 Å². The van der Waals surface area contributed by atoms with Crippen molar-refractivity contribution >= 4 is 27.8 Å². The van der Waals surface area contributed by atoms with E-state index in [0.29, 0.717) is 0 Å². The lowest BCUT2D eigenvalue weighted by Gasteiger charge is -2.34. The summed E-state index contributed by atoms with van der Waals surface area (Å²) in [6, 6.07) is 78.7. The predicted molar refractivity (Wildman–Crippen MR) is 239 cm³/mol. The summed E-state index contributed by atoms with van der Waals surface area (Å²) in [6.45, 7) is 4.74. The van der Waals surface area contributed by atoms with Gasteiger partial charge in [0.25, 0.3) is 0 Å². The second-order valence-corrected chi connectivity index (χ2v) is 16.1. The molecule has 0 atom stereocenters.